The van der Waals surface area contributed by atoms with Crippen molar-refractivity contribution >= 4 is 40.1 Å². The van der Waals surface area contributed by atoms with Crippen LogP contribution in [0.4, 0.5) is 21.5 Å². The van der Waals surface area contributed by atoms with Crippen LogP contribution in [-0.4, -0.2) is 4.57 Å². The first kappa shape index (κ1) is 29.9. The van der Waals surface area contributed by atoms with Crippen molar-refractivity contribution in [3.05, 3.63) is 205 Å². The minimum absolute atomic E-state index is 0.267. The van der Waals surface area contributed by atoms with E-state index in [2.05, 4.69) is 138 Å². The average molecular weight is 633 g/mol. The van der Waals surface area contributed by atoms with Crippen molar-refractivity contribution in [3.8, 4) is 28.1 Å². The van der Waals surface area contributed by atoms with Crippen LogP contribution in [0.15, 0.2) is 188 Å². The lowest BCUT2D eigenvalue weighted by molar-refractivity contribution is 0.629. The molecular formula is C46H33FN2. The van der Waals surface area contributed by atoms with Gasteiger partial charge in [-0.1, -0.05) is 146 Å². The van der Waals surface area contributed by atoms with Gasteiger partial charge in [-0.15, -0.1) is 0 Å². The lowest BCUT2D eigenvalue weighted by Gasteiger charge is -2.25. The maximum absolute atomic E-state index is 15.0. The maximum atomic E-state index is 15.0. The largest absolute Gasteiger partial charge is 0.309 e. The zero-order chi connectivity index (χ0) is 33.0. The summed E-state index contributed by atoms with van der Waals surface area (Å²) in [5.74, 6) is -0.267. The van der Waals surface area contributed by atoms with Gasteiger partial charge in [-0.25, -0.2) is 4.39 Å². The molecular weight excluding hydrogens is 600 g/mol. The Hall–Kier alpha value is -6.45. The highest BCUT2D eigenvalue weighted by Crippen LogP contribution is 2.43. The number of anilines is 3. The number of fused-ring (bicyclic) bond motifs is 1. The predicted octanol–water partition coefficient (Wildman–Crippen LogP) is 12.7. The number of hydrogen-bond acceptors (Lipinski definition) is 1. The summed E-state index contributed by atoms with van der Waals surface area (Å²) >= 11 is 0. The monoisotopic (exact) mass is 632 g/mol. The third-order valence-electron chi connectivity index (χ3n) is 8.84. The minimum atomic E-state index is -0.267. The highest BCUT2D eigenvalue weighted by molar-refractivity contribution is 6.06. The van der Waals surface area contributed by atoms with E-state index in [1.165, 1.54) is 33.8 Å². The molecule has 0 N–H and O–H groups in total. The van der Waals surface area contributed by atoms with Crippen LogP contribution >= 0.6 is 0 Å². The van der Waals surface area contributed by atoms with Crippen molar-refractivity contribution in [1.29, 1.82) is 0 Å². The normalized spacial score (nSPS) is 11.3. The molecule has 1 aromatic heterocycles. The van der Waals surface area contributed by atoms with E-state index in [0.717, 1.165) is 33.7 Å². The van der Waals surface area contributed by atoms with Crippen LogP contribution in [0.3, 0.4) is 0 Å². The Bertz CT molecular complexity index is 2360. The van der Waals surface area contributed by atoms with Gasteiger partial charge in [0.05, 0.1) is 16.9 Å². The number of halogens is 1. The molecule has 0 fully saturated rings. The van der Waals surface area contributed by atoms with Crippen molar-refractivity contribution < 1.29 is 4.39 Å². The van der Waals surface area contributed by atoms with Crippen LogP contribution in [0.1, 0.15) is 11.1 Å². The highest BCUT2D eigenvalue weighted by atomic mass is 19.1. The van der Waals surface area contributed by atoms with Crippen molar-refractivity contribution in [1.82, 2.24) is 4.57 Å². The van der Waals surface area contributed by atoms with Crippen LogP contribution in [0.2, 0.25) is 0 Å². The molecule has 234 valence electrons. The van der Waals surface area contributed by atoms with Gasteiger partial charge in [0.1, 0.15) is 5.82 Å². The minimum Gasteiger partial charge on any atom is -0.309 e. The predicted molar refractivity (Wildman–Crippen MR) is 204 cm³/mol. The number of nitrogens with zero attached hydrogens (tertiary/aromatic N) is 2. The molecule has 8 rings (SSSR count). The highest BCUT2D eigenvalue weighted by Gasteiger charge is 2.21. The zero-order valence-corrected chi connectivity index (χ0v) is 26.8. The first-order chi connectivity index (χ1) is 24.2. The molecule has 0 aliphatic rings. The second kappa shape index (κ2) is 13.3. The molecule has 3 heteroatoms. The Balaban J connectivity index is 1.21. The number of para-hydroxylation sites is 3. The fraction of sp³-hybridized carbons (Fsp3) is 0. The second-order valence-electron chi connectivity index (χ2n) is 12.0. The van der Waals surface area contributed by atoms with Crippen LogP contribution in [0.5, 0.6) is 0 Å². The van der Waals surface area contributed by atoms with E-state index in [9.17, 15) is 0 Å². The lowest BCUT2D eigenvalue weighted by Crippen LogP contribution is -2.11. The van der Waals surface area contributed by atoms with Crippen molar-refractivity contribution in [2.75, 3.05) is 4.90 Å². The summed E-state index contributed by atoms with van der Waals surface area (Å²) < 4.78 is 17.4. The number of aromatic nitrogens is 1. The smallest absolute Gasteiger partial charge is 0.147 e. The molecule has 0 amide bonds. The molecule has 0 saturated carbocycles. The maximum Gasteiger partial charge on any atom is 0.147 e. The van der Waals surface area contributed by atoms with Gasteiger partial charge in [-0.05, 0) is 76.9 Å². The molecule has 49 heavy (non-hydrogen) atoms. The van der Waals surface area contributed by atoms with Crippen molar-refractivity contribution in [2.24, 2.45) is 0 Å². The Morgan fingerprint density at radius 3 is 1.67 bits per heavy atom. The first-order valence-corrected chi connectivity index (χ1v) is 16.5. The van der Waals surface area contributed by atoms with E-state index in [-0.39, 0.29) is 5.82 Å². The van der Waals surface area contributed by atoms with Gasteiger partial charge in [0, 0.05) is 28.0 Å². The summed E-state index contributed by atoms with van der Waals surface area (Å²) in [6.45, 7) is 0. The van der Waals surface area contributed by atoms with Crippen LogP contribution in [0.25, 0.3) is 51.1 Å². The van der Waals surface area contributed by atoms with Crippen LogP contribution in [0, 0.1) is 5.82 Å². The molecule has 8 aromatic rings. The van der Waals surface area contributed by atoms with Gasteiger partial charge in [0.15, 0.2) is 0 Å². The summed E-state index contributed by atoms with van der Waals surface area (Å²) in [5, 5.41) is 1.20. The quantitative estimate of drug-likeness (QED) is 0.151. The average Bonchev–Trinajstić information content (AvgIpc) is 3.51. The van der Waals surface area contributed by atoms with Crippen LogP contribution < -0.4 is 4.90 Å². The number of rotatable bonds is 8. The third kappa shape index (κ3) is 5.95. The Morgan fingerprint density at radius 2 is 1.00 bits per heavy atom. The summed E-state index contributed by atoms with van der Waals surface area (Å²) in [4.78, 5) is 1.95. The molecule has 1 heterocycles. The van der Waals surface area contributed by atoms with Crippen molar-refractivity contribution in [3.63, 3.8) is 0 Å². The summed E-state index contributed by atoms with van der Waals surface area (Å²) in [5.41, 5.74) is 11.4. The molecule has 0 unspecified atom stereocenters. The van der Waals surface area contributed by atoms with Crippen molar-refractivity contribution in [2.45, 2.75) is 0 Å². The van der Waals surface area contributed by atoms with E-state index >= 15 is 4.39 Å². The number of hydrogen-bond donors (Lipinski definition) is 0. The molecule has 0 bridgehead atoms. The van der Waals surface area contributed by atoms with E-state index < -0.39 is 0 Å². The van der Waals surface area contributed by atoms with E-state index in [0.29, 0.717) is 5.69 Å². The molecule has 0 atom stereocenters. The summed E-state index contributed by atoms with van der Waals surface area (Å²) in [6.07, 6.45) is 4.29. The van der Waals surface area contributed by atoms with Gasteiger partial charge >= 0.3 is 0 Å². The topological polar surface area (TPSA) is 8.17 Å². The standard InChI is InChI=1S/C46H33FN2/c47-42-23-13-14-24-43(42)48(38-19-9-3-10-20-38)40-30-27-34(28-31-40)25-26-35-29-32-41-44(33-35)49(39-21-11-4-12-22-39)46(37-17-7-2-8-18-37)45(41)36-15-5-1-6-16-36/h1-33H/b26-25+. The van der Waals surface area contributed by atoms with Gasteiger partial charge < -0.3 is 9.47 Å². The first-order valence-electron chi connectivity index (χ1n) is 16.5. The van der Waals surface area contributed by atoms with E-state index in [1.807, 2.05) is 59.5 Å². The Kier molecular flexibility index (Phi) is 8.15. The SMILES string of the molecule is Fc1ccccc1N(c1ccccc1)c1ccc(/C=C/c2ccc3c(-c4ccccc4)c(-c4ccccc4)n(-c4ccccc4)c3c2)cc1. The van der Waals surface area contributed by atoms with Gasteiger partial charge in [0.2, 0.25) is 0 Å². The molecule has 0 saturated heterocycles. The lowest BCUT2D eigenvalue weighted by atomic mass is 9.98. The third-order valence-corrected chi connectivity index (χ3v) is 8.84. The Morgan fingerprint density at radius 1 is 0.469 bits per heavy atom. The molecule has 7 aromatic carbocycles. The van der Waals surface area contributed by atoms with Gasteiger partial charge in [-0.3, -0.25) is 0 Å². The van der Waals surface area contributed by atoms with Crippen LogP contribution in [-0.2, 0) is 0 Å². The van der Waals surface area contributed by atoms with E-state index in [1.54, 1.807) is 6.07 Å². The fourth-order valence-electron chi connectivity index (χ4n) is 6.58. The molecule has 0 aliphatic carbocycles. The Labute approximate surface area is 286 Å². The molecule has 0 radical (unpaired) electrons. The molecule has 0 spiro atoms. The second-order valence-corrected chi connectivity index (χ2v) is 12.0. The molecule has 0 aliphatic heterocycles. The van der Waals surface area contributed by atoms with E-state index in [4.69, 9.17) is 0 Å². The summed E-state index contributed by atoms with van der Waals surface area (Å²) in [7, 11) is 0. The number of benzene rings is 7. The zero-order valence-electron chi connectivity index (χ0n) is 26.8. The van der Waals surface area contributed by atoms with Gasteiger partial charge in [-0.2, -0.15) is 0 Å². The van der Waals surface area contributed by atoms with Gasteiger partial charge in [0.25, 0.3) is 0 Å². The fourth-order valence-corrected chi connectivity index (χ4v) is 6.58. The summed E-state index contributed by atoms with van der Waals surface area (Å²) in [6, 6.07) is 63.7. The molecule has 2 nitrogen and oxygen atoms in total.